The summed E-state index contributed by atoms with van der Waals surface area (Å²) in [6.45, 7) is 7.42. The first kappa shape index (κ1) is 18.2. The lowest BCUT2D eigenvalue weighted by Crippen LogP contribution is -2.44. The van der Waals surface area contributed by atoms with Crippen molar-refractivity contribution in [3.63, 3.8) is 0 Å². The minimum Gasteiger partial charge on any atom is -0.388 e. The fourth-order valence-electron chi connectivity index (χ4n) is 1.89. The highest BCUT2D eigenvalue weighted by molar-refractivity contribution is 6.04. The highest BCUT2D eigenvalue weighted by atomic mass is 16.3. The van der Waals surface area contributed by atoms with Crippen LogP contribution in [0.4, 0.5) is 5.69 Å². The van der Waals surface area contributed by atoms with Crippen molar-refractivity contribution in [2.45, 2.75) is 39.7 Å². The Morgan fingerprint density at radius 1 is 1.32 bits per heavy atom. The Morgan fingerprint density at radius 2 is 1.91 bits per heavy atom. The molecule has 22 heavy (non-hydrogen) atoms. The Kier molecular flexibility index (Phi) is 6.11. The minimum absolute atomic E-state index is 0.0207. The zero-order valence-electron chi connectivity index (χ0n) is 14.0. The molecule has 1 aromatic rings. The lowest BCUT2D eigenvalue weighted by molar-refractivity contribution is -0.118. The second kappa shape index (κ2) is 7.40. The van der Waals surface area contributed by atoms with Crippen LogP contribution < -0.4 is 10.2 Å². The molecule has 1 unspecified atom stereocenters. The van der Waals surface area contributed by atoms with Crippen molar-refractivity contribution in [1.82, 2.24) is 5.32 Å². The highest BCUT2D eigenvalue weighted by Crippen LogP contribution is 2.20. The molecule has 122 valence electrons. The van der Waals surface area contributed by atoms with Crippen LogP contribution in [0.3, 0.4) is 0 Å². The molecule has 5 nitrogen and oxygen atoms in total. The topological polar surface area (TPSA) is 69.6 Å². The Hall–Kier alpha value is -1.88. The molecule has 0 radical (unpaired) electrons. The number of para-hydroxylation sites is 1. The fourth-order valence-corrected chi connectivity index (χ4v) is 1.89. The molecule has 5 heteroatoms. The highest BCUT2D eigenvalue weighted by Gasteiger charge is 2.26. The number of aliphatic hydroxyl groups is 1. The number of carbonyl (C=O) groups excluding carboxylic acids is 2. The quantitative estimate of drug-likeness (QED) is 0.846. The third-order valence-corrected chi connectivity index (χ3v) is 4.04. The summed E-state index contributed by atoms with van der Waals surface area (Å²) in [7, 11) is 1.65. The van der Waals surface area contributed by atoms with Gasteiger partial charge in [-0.15, -0.1) is 0 Å². The van der Waals surface area contributed by atoms with Crippen LogP contribution in [0.1, 0.15) is 44.5 Å². The van der Waals surface area contributed by atoms with Crippen molar-refractivity contribution in [2.24, 2.45) is 5.92 Å². The van der Waals surface area contributed by atoms with Gasteiger partial charge in [0.25, 0.3) is 5.91 Å². The van der Waals surface area contributed by atoms with Gasteiger partial charge in [0.15, 0.2) is 0 Å². The Labute approximate surface area is 132 Å². The number of rotatable bonds is 6. The maximum Gasteiger partial charge on any atom is 0.253 e. The molecule has 0 fully saturated rings. The molecule has 0 aromatic heterocycles. The zero-order valence-corrected chi connectivity index (χ0v) is 14.0. The molecule has 1 atom stereocenters. The first-order chi connectivity index (χ1) is 10.2. The van der Waals surface area contributed by atoms with E-state index in [2.05, 4.69) is 5.32 Å². The summed E-state index contributed by atoms with van der Waals surface area (Å²) >= 11 is 0. The molecule has 0 saturated heterocycles. The molecular weight excluding hydrogens is 280 g/mol. The smallest absolute Gasteiger partial charge is 0.253 e. The maximum absolute atomic E-state index is 12.4. The van der Waals surface area contributed by atoms with Gasteiger partial charge in [0, 0.05) is 20.0 Å². The van der Waals surface area contributed by atoms with Crippen molar-refractivity contribution < 1.29 is 14.7 Å². The van der Waals surface area contributed by atoms with Crippen molar-refractivity contribution in [1.29, 1.82) is 0 Å². The van der Waals surface area contributed by atoms with Crippen LogP contribution in [-0.2, 0) is 4.79 Å². The largest absolute Gasteiger partial charge is 0.388 e. The van der Waals surface area contributed by atoms with Gasteiger partial charge in [0.2, 0.25) is 5.91 Å². The lowest BCUT2D eigenvalue weighted by atomic mass is 9.92. The standard InChI is InChI=1S/C17H26N2O3/c1-6-15(20)19(5)14-10-8-7-9-13(14)16(21)18-11-17(4,22)12(2)3/h7-10,12,22H,6,11H2,1-5H3,(H,18,21). The summed E-state index contributed by atoms with van der Waals surface area (Å²) in [4.78, 5) is 25.7. The van der Waals surface area contributed by atoms with Crippen molar-refractivity contribution >= 4 is 17.5 Å². The molecule has 0 bridgehead atoms. The van der Waals surface area contributed by atoms with Crippen LogP contribution in [0, 0.1) is 5.92 Å². The molecular formula is C17H26N2O3. The predicted molar refractivity (Wildman–Crippen MR) is 87.9 cm³/mol. The van der Waals surface area contributed by atoms with Crippen LogP contribution >= 0.6 is 0 Å². The van der Waals surface area contributed by atoms with E-state index in [1.54, 1.807) is 45.2 Å². The Balaban J connectivity index is 2.93. The van der Waals surface area contributed by atoms with E-state index in [0.717, 1.165) is 0 Å². The third-order valence-electron chi connectivity index (χ3n) is 4.04. The van der Waals surface area contributed by atoms with E-state index < -0.39 is 5.60 Å². The van der Waals surface area contributed by atoms with Gasteiger partial charge < -0.3 is 15.3 Å². The van der Waals surface area contributed by atoms with Gasteiger partial charge >= 0.3 is 0 Å². The molecule has 1 rings (SSSR count). The maximum atomic E-state index is 12.4. The monoisotopic (exact) mass is 306 g/mol. The van der Waals surface area contributed by atoms with Crippen LogP contribution in [-0.4, -0.2) is 36.1 Å². The number of amides is 2. The van der Waals surface area contributed by atoms with E-state index in [9.17, 15) is 14.7 Å². The fraction of sp³-hybridized carbons (Fsp3) is 0.529. The summed E-state index contributed by atoms with van der Waals surface area (Å²) < 4.78 is 0. The second-order valence-electron chi connectivity index (χ2n) is 6.02. The van der Waals surface area contributed by atoms with E-state index >= 15 is 0 Å². The molecule has 0 aliphatic carbocycles. The van der Waals surface area contributed by atoms with Gasteiger partial charge in [-0.1, -0.05) is 32.9 Å². The average Bonchev–Trinajstić information content (AvgIpc) is 2.50. The summed E-state index contributed by atoms with van der Waals surface area (Å²) in [6.07, 6.45) is 0.370. The van der Waals surface area contributed by atoms with E-state index in [0.29, 0.717) is 17.7 Å². The minimum atomic E-state index is -0.976. The Bertz CT molecular complexity index is 538. The van der Waals surface area contributed by atoms with Crippen molar-refractivity contribution in [2.75, 3.05) is 18.5 Å². The van der Waals surface area contributed by atoms with Crippen molar-refractivity contribution in [3.05, 3.63) is 29.8 Å². The summed E-state index contributed by atoms with van der Waals surface area (Å²) in [6, 6.07) is 6.95. The van der Waals surface area contributed by atoms with Crippen LogP contribution in [0.15, 0.2) is 24.3 Å². The molecule has 0 aliphatic heterocycles. The molecule has 0 spiro atoms. The third kappa shape index (κ3) is 4.31. The van der Waals surface area contributed by atoms with Crippen LogP contribution in [0.25, 0.3) is 0 Å². The van der Waals surface area contributed by atoms with Crippen LogP contribution in [0.2, 0.25) is 0 Å². The molecule has 0 heterocycles. The molecule has 2 amide bonds. The first-order valence-electron chi connectivity index (χ1n) is 7.56. The summed E-state index contributed by atoms with van der Waals surface area (Å²) in [5, 5.41) is 13.0. The van der Waals surface area contributed by atoms with Gasteiger partial charge in [-0.3, -0.25) is 9.59 Å². The van der Waals surface area contributed by atoms with Gasteiger partial charge in [0.05, 0.1) is 16.9 Å². The van der Waals surface area contributed by atoms with E-state index in [-0.39, 0.29) is 24.3 Å². The lowest BCUT2D eigenvalue weighted by Gasteiger charge is -2.28. The van der Waals surface area contributed by atoms with Gasteiger partial charge in [-0.2, -0.15) is 0 Å². The van der Waals surface area contributed by atoms with Gasteiger partial charge in [0.1, 0.15) is 0 Å². The summed E-state index contributed by atoms with van der Waals surface area (Å²) in [5.41, 5.74) is 0.0119. The SMILES string of the molecule is CCC(=O)N(C)c1ccccc1C(=O)NCC(C)(O)C(C)C. The number of nitrogens with zero attached hydrogens (tertiary/aromatic N) is 1. The average molecular weight is 306 g/mol. The number of benzene rings is 1. The molecule has 0 aliphatic rings. The number of hydrogen-bond donors (Lipinski definition) is 2. The number of carbonyl (C=O) groups is 2. The first-order valence-corrected chi connectivity index (χ1v) is 7.56. The van der Waals surface area contributed by atoms with E-state index in [4.69, 9.17) is 0 Å². The van der Waals surface area contributed by atoms with Crippen molar-refractivity contribution in [3.8, 4) is 0 Å². The second-order valence-corrected chi connectivity index (χ2v) is 6.02. The molecule has 1 aromatic carbocycles. The normalized spacial score (nSPS) is 13.6. The van der Waals surface area contributed by atoms with E-state index in [1.807, 2.05) is 13.8 Å². The predicted octanol–water partition coefficient (Wildman–Crippen LogP) is 2.20. The molecule has 0 saturated carbocycles. The van der Waals surface area contributed by atoms with Crippen LogP contribution in [0.5, 0.6) is 0 Å². The number of anilines is 1. The molecule has 2 N–H and O–H groups in total. The zero-order chi connectivity index (χ0) is 16.9. The summed E-state index contributed by atoms with van der Waals surface area (Å²) in [5.74, 6) is -0.339. The Morgan fingerprint density at radius 3 is 2.45 bits per heavy atom. The number of hydrogen-bond acceptors (Lipinski definition) is 3. The number of nitrogens with one attached hydrogen (secondary N) is 1. The van der Waals surface area contributed by atoms with Gasteiger partial charge in [-0.05, 0) is 25.0 Å². The van der Waals surface area contributed by atoms with E-state index in [1.165, 1.54) is 4.90 Å². The van der Waals surface area contributed by atoms with Gasteiger partial charge in [-0.25, -0.2) is 0 Å².